The maximum atomic E-state index is 12.4. The molecule has 140 heavy (non-hydrogen) atoms. The molecule has 0 amide bonds. The first kappa shape index (κ1) is 152. The van der Waals surface area contributed by atoms with Crippen LogP contribution >= 0.6 is 0 Å². The molecule has 0 atom stereocenters. The summed E-state index contributed by atoms with van der Waals surface area (Å²) in [6.45, 7) is -19.5. The van der Waals surface area contributed by atoms with Crippen molar-refractivity contribution in [2.45, 2.75) is 148 Å². The van der Waals surface area contributed by atoms with Crippen LogP contribution in [-0.2, 0) is 173 Å². The van der Waals surface area contributed by atoms with Gasteiger partial charge in [-0.1, -0.05) is 12.4 Å². The van der Waals surface area contributed by atoms with E-state index >= 15 is 0 Å². The fourth-order valence-electron chi connectivity index (χ4n) is 4.22. The summed E-state index contributed by atoms with van der Waals surface area (Å²) in [6.07, 6.45) is -110. The van der Waals surface area contributed by atoms with Gasteiger partial charge >= 0.3 is 234 Å². The molecule has 0 saturated heterocycles. The Morgan fingerprint density at radius 2 is 0.329 bits per heavy atom. The molecule has 41 nitrogen and oxygen atoms in total. The number of nitrogens with one attached hydrogen (secondary N) is 3. The van der Waals surface area contributed by atoms with E-state index in [9.17, 15) is 329 Å². The summed E-state index contributed by atoms with van der Waals surface area (Å²) in [5.41, 5.74) is 0. The fourth-order valence-corrected chi connectivity index (χ4v) is 17.0. The molecule has 0 fully saturated rings. The van der Waals surface area contributed by atoms with Gasteiger partial charge in [-0.2, -0.15) is 261 Å². The van der Waals surface area contributed by atoms with Gasteiger partial charge in [0.25, 0.3) is 44.7 Å². The van der Waals surface area contributed by atoms with Gasteiger partial charge in [0.1, 0.15) is 26.4 Å². The van der Waals surface area contributed by atoms with Crippen LogP contribution in [0.4, 0.5) is 228 Å². The van der Waals surface area contributed by atoms with Crippen molar-refractivity contribution in [1.82, 2.24) is 12.4 Å². The molecule has 107 heteroatoms. The average molecular weight is 2470 g/mol. The minimum atomic E-state index is -6.78. The topological polar surface area (TPSA) is 585 Å². The number of halogens is 52. The molecule has 0 spiro atoms. The summed E-state index contributed by atoms with van der Waals surface area (Å²) < 4.78 is 920. The third-order valence-electron chi connectivity index (χ3n) is 8.97. The normalized spacial score (nSPS) is 14.8. The molecule has 0 heterocycles. The molecular weight excluding hydrogens is 2440 g/mol. The maximum absolute atomic E-state index is 12.4. The van der Waals surface area contributed by atoms with Crippen molar-refractivity contribution in [3.05, 3.63) is 8.25 Å². The van der Waals surface area contributed by atoms with Crippen molar-refractivity contribution in [3.63, 3.8) is 0 Å². The molecule has 0 aromatic heterocycles. The van der Waals surface area contributed by atoms with E-state index in [4.69, 9.17) is 0 Å². The number of rotatable bonds is 44. The van der Waals surface area contributed by atoms with Gasteiger partial charge in [0.2, 0.25) is 46.3 Å². The summed E-state index contributed by atoms with van der Waals surface area (Å²) in [5.74, 6) is -19.9. The zero-order valence-corrected chi connectivity index (χ0v) is 74.4. The SMILES string of the molecule is O=S(=O)(CS(=O)(=O)OC(C(F)(F)F)C(F)(F)F)OC(C(F)(F)F)C(F)(F)F.O=S(=O)(NS(=O)(=O)OC(C(F)(F)F)C(F)(F)F)OC(C(F)(F)F)C(F)(F)F.O=S(=O)(NS(=O)(=O)OCC(F)(F)C(F)F)OCC(F)(F)C(F)F.O=S(=O)(NS(=O)(=O)OCC(F)(F)F)OCC(F)(F)F.O=S(=O)([N-]S(=O)(=O)OCC(F)(F)C(F)F)OCC(F)(F)C(F)F.O=S(=O)([N-]S(=O)(=O)OCC(F)(F)F)OCC(F)(F)F.[Li+].[Na+]. The third kappa shape index (κ3) is 73.7. The second-order valence-corrected chi connectivity index (χ2v) is 39.0. The van der Waals surface area contributed by atoms with E-state index in [0.29, 0.717) is 8.25 Å². The summed E-state index contributed by atoms with van der Waals surface area (Å²) in [7, 11) is -71.9. The Morgan fingerprint density at radius 1 is 0.200 bits per heavy atom. The van der Waals surface area contributed by atoms with Crippen molar-refractivity contribution in [2.75, 3.05) is 57.9 Å². The summed E-state index contributed by atoms with van der Waals surface area (Å²) in [4.78, 5) is 0. The van der Waals surface area contributed by atoms with Gasteiger partial charge in [-0.3, -0.25) is 25.1 Å². The molecule has 0 saturated carbocycles. The van der Waals surface area contributed by atoms with Crippen LogP contribution < -0.4 is 60.8 Å². The quantitative estimate of drug-likeness (QED) is 0.0448. The van der Waals surface area contributed by atoms with E-state index in [1.807, 2.05) is 0 Å². The molecular formula is C33H29F52LiN5NaO36S12. The Kier molecular flexibility index (Phi) is 58.0. The van der Waals surface area contributed by atoms with Crippen LogP contribution in [0.3, 0.4) is 0 Å². The first-order valence-corrected chi connectivity index (χ1v) is 45.2. The molecule has 0 aliphatic carbocycles. The van der Waals surface area contributed by atoms with Gasteiger partial charge in [0, 0.05) is 0 Å². The number of alkyl halides is 52. The number of nitrogens with zero attached hydrogens (tertiary/aromatic N) is 2. The fraction of sp³-hybridized carbons (Fsp3) is 1.00. The van der Waals surface area contributed by atoms with Crippen molar-refractivity contribution in [2.24, 2.45) is 0 Å². The summed E-state index contributed by atoms with van der Waals surface area (Å²) in [6, 6.07) is 0. The van der Waals surface area contributed by atoms with Crippen LogP contribution in [0.25, 0.3) is 8.25 Å². The maximum Gasteiger partial charge on any atom is 1.00 e. The Morgan fingerprint density at radius 3 is 0.479 bits per heavy atom. The van der Waals surface area contributed by atoms with Gasteiger partial charge in [0.05, 0.1) is 0 Å². The van der Waals surface area contributed by atoms with Gasteiger partial charge in [0.15, 0.2) is 26.4 Å². The van der Waals surface area contributed by atoms with Crippen LogP contribution in [0.5, 0.6) is 0 Å². The van der Waals surface area contributed by atoms with Crippen molar-refractivity contribution in [3.8, 4) is 0 Å². The van der Waals surface area contributed by atoms with Crippen LogP contribution in [0.1, 0.15) is 0 Å². The summed E-state index contributed by atoms with van der Waals surface area (Å²) >= 11 is 0. The number of hydrogen-bond donors (Lipinski definition) is 3. The third-order valence-corrected chi connectivity index (χ3v) is 24.3. The van der Waals surface area contributed by atoms with E-state index in [1.54, 1.807) is 8.25 Å². The van der Waals surface area contributed by atoms with Crippen molar-refractivity contribution >= 4 is 123 Å². The molecule has 0 aliphatic heterocycles. The van der Waals surface area contributed by atoms with Crippen LogP contribution in [0.15, 0.2) is 0 Å². The van der Waals surface area contributed by atoms with E-state index in [0.717, 1.165) is 0 Å². The molecule has 0 unspecified atom stereocenters. The van der Waals surface area contributed by atoms with E-state index in [2.05, 4.69) is 50.2 Å². The second-order valence-electron chi connectivity index (χ2n) is 21.1. The first-order chi connectivity index (χ1) is 59.0. The second kappa shape index (κ2) is 53.4. The van der Waals surface area contributed by atoms with E-state index in [1.165, 1.54) is 0 Å². The molecule has 0 aromatic carbocycles. The van der Waals surface area contributed by atoms with Crippen molar-refractivity contribution in [1.29, 1.82) is 0 Å². The summed E-state index contributed by atoms with van der Waals surface area (Å²) in [5, 5.41) is -3.20. The zero-order chi connectivity index (χ0) is 113. The van der Waals surface area contributed by atoms with Gasteiger partial charge < -0.3 is 8.25 Å². The van der Waals surface area contributed by atoms with Crippen LogP contribution in [-0.4, -0.2) is 307 Å². The Balaban J connectivity index is -0.000000249. The minimum Gasteiger partial charge on any atom is -0.387 e. The van der Waals surface area contributed by atoms with Crippen LogP contribution in [0, 0.1) is 0 Å². The molecule has 0 bridgehead atoms. The van der Waals surface area contributed by atoms with Crippen LogP contribution in [0.2, 0.25) is 0 Å². The van der Waals surface area contributed by atoms with E-state index < -0.39 is 333 Å². The number of hydrogen-bond acceptors (Lipinski definition) is 36. The molecule has 0 radical (unpaired) electrons. The Labute approximate surface area is 773 Å². The Bertz CT molecular complexity index is 4590. The Hall–Kier alpha value is -3.32. The van der Waals surface area contributed by atoms with E-state index in [-0.39, 0.29) is 48.4 Å². The standard InChI is InChI=1S/C7H4F12O6S2.C6H3F12NO6S2.C6H7F8NO6S2.C6H6F8NO6S2.C4H5F6NO6S2.C4H4F6NO6S2.Li.Na/c8-4(9,10)2(5(11,12)13)24-26(20,21)1-27(22,23)25-3(6(14,15)16)7(17,18)19;7-3(8,9)1(4(10,11)12)24-26(20,21)19-27(22,23)25-2(5(13,14)15)6(16,17)18;2*7-3(8)5(11,12)1-20-22(16,17)15-23(18,19)21-2-6(13,14)4(9)10;2*5-3(6,7)1-16-18(12,13)11-19(14,15)17-2-4(8,9)10;;/h2-3H,1H2;1-2,19H;3-4,15H,1-2H2;3-4H,1-2H2;11H,1-2H2;1-2H2;;/q;;;-1;;-1;2*+1. The van der Waals surface area contributed by atoms with Gasteiger partial charge in [-0.25, -0.2) is 93.9 Å². The monoisotopic (exact) mass is 2470 g/mol. The molecule has 0 rings (SSSR count). The predicted octanol–water partition coefficient (Wildman–Crippen LogP) is 2.53. The largest absolute Gasteiger partial charge is 1.00 e. The predicted molar refractivity (Wildman–Crippen MR) is 312 cm³/mol. The van der Waals surface area contributed by atoms with Crippen molar-refractivity contribution < 1.29 is 428 Å². The molecule has 0 aromatic rings. The molecule has 3 N–H and O–H groups in total. The minimum absolute atomic E-state index is 0. The smallest absolute Gasteiger partial charge is 0.387 e. The average Bonchev–Trinajstić information content (AvgIpc) is 0.790. The molecule has 840 valence electrons. The zero-order valence-electron chi connectivity index (χ0n) is 62.6. The van der Waals surface area contributed by atoms with Gasteiger partial charge in [-0.15, -0.1) is 0 Å². The first-order valence-electron chi connectivity index (χ1n) is 28.1. The molecule has 0 aliphatic rings. The van der Waals surface area contributed by atoms with Gasteiger partial charge in [-0.05, 0) is 0 Å².